The number of aliphatic hydroxyl groups is 1. The summed E-state index contributed by atoms with van der Waals surface area (Å²) >= 11 is 0. The number of carbonyl (C=O) groups is 1. The van der Waals surface area contributed by atoms with E-state index in [2.05, 4.69) is 4.98 Å². The minimum atomic E-state index is -1.23. The van der Waals surface area contributed by atoms with Crippen LogP contribution in [0.25, 0.3) is 0 Å². The van der Waals surface area contributed by atoms with Crippen molar-refractivity contribution in [1.82, 2.24) is 14.5 Å². The fourth-order valence-electron chi connectivity index (χ4n) is 2.75. The number of β-amino-alcohol motifs (C(OH)–C–C–N with tert-alkyl or cyclic N) is 1. The maximum absolute atomic E-state index is 12.5. The summed E-state index contributed by atoms with van der Waals surface area (Å²) in [6.07, 6.45) is 5.54. The molecule has 3 rings (SSSR count). The van der Waals surface area contributed by atoms with Crippen molar-refractivity contribution in [3.8, 4) is 5.75 Å². The Kier molecular flexibility index (Phi) is 5.67. The number of hydrogen-bond acceptors (Lipinski definition) is 5. The second-order valence-electron chi connectivity index (χ2n) is 6.24. The molecule has 0 bridgehead atoms. The molecule has 25 heavy (non-hydrogen) atoms. The average molecular weight is 345 g/mol. The van der Waals surface area contributed by atoms with Gasteiger partial charge in [0, 0.05) is 31.9 Å². The molecule has 1 amide bonds. The molecule has 0 spiro atoms. The summed E-state index contributed by atoms with van der Waals surface area (Å²) in [6.45, 7) is 1.85. The van der Waals surface area contributed by atoms with E-state index in [9.17, 15) is 9.90 Å². The van der Waals surface area contributed by atoms with Crippen molar-refractivity contribution < 1.29 is 19.4 Å². The van der Waals surface area contributed by atoms with Gasteiger partial charge in [0.05, 0.1) is 26.1 Å². The van der Waals surface area contributed by atoms with Crippen LogP contribution in [0.1, 0.15) is 6.42 Å². The van der Waals surface area contributed by atoms with E-state index in [0.717, 1.165) is 0 Å². The third-order valence-corrected chi connectivity index (χ3v) is 4.11. The van der Waals surface area contributed by atoms with Crippen molar-refractivity contribution in [1.29, 1.82) is 0 Å². The van der Waals surface area contributed by atoms with Crippen LogP contribution >= 0.6 is 0 Å². The highest BCUT2D eigenvalue weighted by Crippen LogP contribution is 2.17. The van der Waals surface area contributed by atoms with Gasteiger partial charge in [-0.1, -0.05) is 18.2 Å². The summed E-state index contributed by atoms with van der Waals surface area (Å²) in [5, 5.41) is 10.8. The van der Waals surface area contributed by atoms with Crippen LogP contribution in [-0.2, 0) is 16.1 Å². The molecular weight excluding hydrogens is 322 g/mol. The summed E-state index contributed by atoms with van der Waals surface area (Å²) in [5.74, 6) is 0.662. The number of para-hydroxylation sites is 1. The first-order chi connectivity index (χ1) is 12.1. The fourth-order valence-corrected chi connectivity index (χ4v) is 2.75. The van der Waals surface area contributed by atoms with Crippen LogP contribution in [0.5, 0.6) is 5.75 Å². The summed E-state index contributed by atoms with van der Waals surface area (Å²) in [7, 11) is 0. The molecule has 2 heterocycles. The fraction of sp³-hybridized carbons (Fsp3) is 0.444. The Labute approximate surface area is 146 Å². The second-order valence-corrected chi connectivity index (χ2v) is 6.24. The van der Waals surface area contributed by atoms with Crippen LogP contribution in [0.3, 0.4) is 0 Å². The molecule has 7 nitrogen and oxygen atoms in total. The Balaban J connectivity index is 1.56. The molecule has 134 valence electrons. The molecule has 2 aromatic rings. The number of nitrogens with zero attached hydrogens (tertiary/aromatic N) is 3. The number of aryl methyl sites for hydroxylation is 1. The molecule has 7 heteroatoms. The summed E-state index contributed by atoms with van der Waals surface area (Å²) < 4.78 is 13.0. The number of ether oxygens (including phenoxy) is 2. The van der Waals surface area contributed by atoms with Gasteiger partial charge in [0.15, 0.2) is 0 Å². The number of aromatic nitrogens is 2. The molecule has 1 aromatic carbocycles. The molecule has 0 radical (unpaired) electrons. The maximum atomic E-state index is 12.5. The topological polar surface area (TPSA) is 76.8 Å². The van der Waals surface area contributed by atoms with Crippen molar-refractivity contribution in [2.75, 3.05) is 32.9 Å². The standard InChI is InChI=1S/C18H23N3O4/c22-17(6-8-20-9-7-19-15-20)21-10-11-24-13-18(23,12-21)14-25-16-4-2-1-3-5-16/h1-5,7,9,15,23H,6,8,10-14H2/t18-/m1/s1. The molecule has 0 unspecified atom stereocenters. The Hall–Kier alpha value is -2.38. The molecule has 1 saturated heterocycles. The van der Waals surface area contributed by atoms with E-state index in [1.807, 2.05) is 41.1 Å². The van der Waals surface area contributed by atoms with E-state index in [1.165, 1.54) is 0 Å². The van der Waals surface area contributed by atoms with Gasteiger partial charge in [-0.05, 0) is 12.1 Å². The third kappa shape index (κ3) is 5.04. The monoisotopic (exact) mass is 345 g/mol. The zero-order valence-corrected chi connectivity index (χ0v) is 14.1. The van der Waals surface area contributed by atoms with Gasteiger partial charge in [-0.2, -0.15) is 0 Å². The van der Waals surface area contributed by atoms with Gasteiger partial charge in [0.2, 0.25) is 5.91 Å². The van der Waals surface area contributed by atoms with Crippen LogP contribution in [-0.4, -0.2) is 64.0 Å². The zero-order valence-electron chi connectivity index (χ0n) is 14.1. The average Bonchev–Trinajstić information content (AvgIpc) is 3.07. The molecule has 0 aliphatic carbocycles. The Morgan fingerprint density at radius 3 is 2.96 bits per heavy atom. The van der Waals surface area contributed by atoms with Crippen LogP contribution in [0, 0.1) is 0 Å². The van der Waals surface area contributed by atoms with E-state index in [1.54, 1.807) is 17.4 Å². The van der Waals surface area contributed by atoms with E-state index < -0.39 is 5.60 Å². The van der Waals surface area contributed by atoms with Crippen LogP contribution in [0.4, 0.5) is 0 Å². The van der Waals surface area contributed by atoms with Crippen molar-refractivity contribution in [3.05, 3.63) is 49.1 Å². The SMILES string of the molecule is O=C(CCn1ccnc1)N1CCOC[C@@](O)(COc2ccccc2)C1. The first kappa shape index (κ1) is 17.4. The van der Waals surface area contributed by atoms with Crippen molar-refractivity contribution in [3.63, 3.8) is 0 Å². The number of carbonyl (C=O) groups excluding carboxylic acids is 1. The normalized spacial score (nSPS) is 20.9. The summed E-state index contributed by atoms with van der Waals surface area (Å²) in [5.41, 5.74) is -1.23. The Morgan fingerprint density at radius 1 is 1.36 bits per heavy atom. The zero-order chi connectivity index (χ0) is 17.5. The number of hydrogen-bond donors (Lipinski definition) is 1. The number of amides is 1. The number of benzene rings is 1. The molecule has 1 aromatic heterocycles. The molecule has 1 N–H and O–H groups in total. The highest BCUT2D eigenvalue weighted by atomic mass is 16.5. The lowest BCUT2D eigenvalue weighted by Crippen LogP contribution is -2.50. The lowest BCUT2D eigenvalue weighted by molar-refractivity contribution is -0.135. The molecule has 0 saturated carbocycles. The predicted octanol–water partition coefficient (Wildman–Crippen LogP) is 0.942. The quantitative estimate of drug-likeness (QED) is 0.843. The van der Waals surface area contributed by atoms with Crippen LogP contribution in [0.15, 0.2) is 49.1 Å². The van der Waals surface area contributed by atoms with Gasteiger partial charge in [-0.3, -0.25) is 4.79 Å². The van der Waals surface area contributed by atoms with E-state index in [0.29, 0.717) is 31.9 Å². The van der Waals surface area contributed by atoms with Crippen molar-refractivity contribution in [2.24, 2.45) is 0 Å². The smallest absolute Gasteiger partial charge is 0.224 e. The molecule has 1 aliphatic heterocycles. The number of imidazole rings is 1. The van der Waals surface area contributed by atoms with Gasteiger partial charge in [0.25, 0.3) is 0 Å². The first-order valence-corrected chi connectivity index (χ1v) is 8.36. The van der Waals surface area contributed by atoms with Gasteiger partial charge >= 0.3 is 0 Å². The maximum Gasteiger partial charge on any atom is 0.224 e. The molecule has 1 atom stereocenters. The summed E-state index contributed by atoms with van der Waals surface area (Å²) in [6, 6.07) is 9.30. The highest BCUT2D eigenvalue weighted by molar-refractivity contribution is 5.76. The van der Waals surface area contributed by atoms with Crippen molar-refractivity contribution >= 4 is 5.91 Å². The van der Waals surface area contributed by atoms with Crippen LogP contribution in [0.2, 0.25) is 0 Å². The second kappa shape index (κ2) is 8.13. The first-order valence-electron chi connectivity index (χ1n) is 8.36. The molecule has 1 aliphatic rings. The van der Waals surface area contributed by atoms with Crippen molar-refractivity contribution in [2.45, 2.75) is 18.6 Å². The largest absolute Gasteiger partial charge is 0.490 e. The minimum Gasteiger partial charge on any atom is -0.490 e. The van der Waals surface area contributed by atoms with Crippen LogP contribution < -0.4 is 4.74 Å². The molecular formula is C18H23N3O4. The van der Waals surface area contributed by atoms with Gasteiger partial charge in [-0.15, -0.1) is 0 Å². The predicted molar refractivity (Wildman–Crippen MR) is 91.1 cm³/mol. The van der Waals surface area contributed by atoms with Gasteiger partial charge < -0.3 is 24.0 Å². The molecule has 1 fully saturated rings. The minimum absolute atomic E-state index is 0.0164. The highest BCUT2D eigenvalue weighted by Gasteiger charge is 2.35. The number of rotatable bonds is 6. The van der Waals surface area contributed by atoms with Gasteiger partial charge in [0.1, 0.15) is 18.0 Å². The third-order valence-electron chi connectivity index (χ3n) is 4.11. The van der Waals surface area contributed by atoms with E-state index in [-0.39, 0.29) is 25.7 Å². The lowest BCUT2D eigenvalue weighted by atomic mass is 10.1. The Morgan fingerprint density at radius 2 is 2.20 bits per heavy atom. The Bertz CT molecular complexity index is 662. The lowest BCUT2D eigenvalue weighted by Gasteiger charge is -2.30. The van der Waals surface area contributed by atoms with Gasteiger partial charge in [-0.25, -0.2) is 4.98 Å². The summed E-state index contributed by atoms with van der Waals surface area (Å²) in [4.78, 5) is 18.1. The van der Waals surface area contributed by atoms with E-state index in [4.69, 9.17) is 9.47 Å². The van der Waals surface area contributed by atoms with E-state index >= 15 is 0 Å².